The van der Waals surface area contributed by atoms with Crippen molar-refractivity contribution in [2.75, 3.05) is 25.4 Å². The van der Waals surface area contributed by atoms with Crippen LogP contribution in [0.3, 0.4) is 0 Å². The number of hydrogen-bond acceptors (Lipinski definition) is 5. The molecule has 1 aliphatic rings. The summed E-state index contributed by atoms with van der Waals surface area (Å²) in [6.45, 7) is 5.14. The van der Waals surface area contributed by atoms with Gasteiger partial charge in [0, 0.05) is 17.8 Å². The summed E-state index contributed by atoms with van der Waals surface area (Å²) in [6, 6.07) is 5.37. The van der Waals surface area contributed by atoms with E-state index in [1.165, 1.54) is 0 Å². The van der Waals surface area contributed by atoms with Gasteiger partial charge < -0.3 is 15.4 Å². The Bertz CT molecular complexity index is 551. The second kappa shape index (κ2) is 5.88. The number of nitrogens with zero attached hydrogens (tertiary/aromatic N) is 3. The van der Waals surface area contributed by atoms with Crippen LogP contribution in [-0.4, -0.2) is 41.6 Å². The predicted octanol–water partition coefficient (Wildman–Crippen LogP) is 1.15. The van der Waals surface area contributed by atoms with Crippen LogP contribution in [0.1, 0.15) is 35.8 Å². The molecule has 0 saturated carbocycles. The van der Waals surface area contributed by atoms with Gasteiger partial charge in [0.25, 0.3) is 5.91 Å². The lowest BCUT2D eigenvalue weighted by atomic mass is 10.1. The summed E-state index contributed by atoms with van der Waals surface area (Å²) >= 11 is 0. The Balaban J connectivity index is 2.22. The molecule has 1 amide bonds. The first-order valence-electron chi connectivity index (χ1n) is 6.59. The average Bonchev–Trinajstić information content (AvgIpc) is 2.45. The Morgan fingerprint density at radius 3 is 3.00 bits per heavy atom. The van der Waals surface area contributed by atoms with Gasteiger partial charge in [0.2, 0.25) is 0 Å². The third-order valence-electron chi connectivity index (χ3n) is 3.20. The molecule has 1 saturated heterocycles. The van der Waals surface area contributed by atoms with E-state index in [9.17, 15) is 4.79 Å². The number of morpholine rings is 1. The molecule has 106 valence electrons. The Kier molecular flexibility index (Phi) is 4.20. The van der Waals surface area contributed by atoms with Gasteiger partial charge in [-0.2, -0.15) is 5.26 Å². The smallest absolute Gasteiger partial charge is 0.254 e. The number of pyridine rings is 1. The highest BCUT2D eigenvalue weighted by Crippen LogP contribution is 2.18. The lowest BCUT2D eigenvalue weighted by Crippen LogP contribution is -2.45. The maximum atomic E-state index is 12.5. The molecule has 0 bridgehead atoms. The Labute approximate surface area is 118 Å². The number of nitrogen functional groups attached to an aromatic ring is 1. The number of amides is 1. The summed E-state index contributed by atoms with van der Waals surface area (Å²) in [5.74, 6) is 0.399. The molecule has 2 heterocycles. The average molecular weight is 274 g/mol. The van der Waals surface area contributed by atoms with E-state index in [1.54, 1.807) is 17.0 Å². The Morgan fingerprint density at radius 2 is 2.35 bits per heavy atom. The molecule has 0 aliphatic carbocycles. The largest absolute Gasteiger partial charge is 0.384 e. The maximum Gasteiger partial charge on any atom is 0.254 e. The molecule has 1 aliphatic heterocycles. The molecule has 1 aromatic heterocycles. The van der Waals surface area contributed by atoms with Crippen LogP contribution in [0.15, 0.2) is 12.1 Å². The first kappa shape index (κ1) is 14.3. The van der Waals surface area contributed by atoms with E-state index in [0.29, 0.717) is 24.5 Å². The molecule has 6 nitrogen and oxygen atoms in total. The molecule has 0 aromatic carbocycles. The van der Waals surface area contributed by atoms with Crippen molar-refractivity contribution in [2.24, 2.45) is 0 Å². The quantitative estimate of drug-likeness (QED) is 0.873. The van der Waals surface area contributed by atoms with E-state index in [1.807, 2.05) is 19.9 Å². The van der Waals surface area contributed by atoms with Crippen molar-refractivity contribution >= 4 is 11.7 Å². The van der Waals surface area contributed by atoms with Crippen LogP contribution in [0.2, 0.25) is 0 Å². The van der Waals surface area contributed by atoms with Crippen molar-refractivity contribution in [3.05, 3.63) is 23.4 Å². The molecule has 6 heteroatoms. The minimum atomic E-state index is -0.559. The molecule has 0 spiro atoms. The number of rotatable bonds is 2. The van der Waals surface area contributed by atoms with Crippen molar-refractivity contribution in [1.82, 2.24) is 9.88 Å². The van der Waals surface area contributed by atoms with Crippen LogP contribution in [0.5, 0.6) is 0 Å². The van der Waals surface area contributed by atoms with Crippen molar-refractivity contribution in [3.8, 4) is 6.07 Å². The summed E-state index contributed by atoms with van der Waals surface area (Å²) in [5, 5.41) is 8.88. The van der Waals surface area contributed by atoms with Gasteiger partial charge in [-0.15, -0.1) is 0 Å². The molecule has 1 atom stereocenters. The lowest BCUT2D eigenvalue weighted by molar-refractivity contribution is 0.00346. The van der Waals surface area contributed by atoms with Gasteiger partial charge in [-0.25, -0.2) is 4.98 Å². The molecule has 1 unspecified atom stereocenters. The van der Waals surface area contributed by atoms with E-state index in [0.717, 1.165) is 5.69 Å². The van der Waals surface area contributed by atoms with Crippen LogP contribution >= 0.6 is 0 Å². The topological polar surface area (TPSA) is 92.2 Å². The molecule has 20 heavy (non-hydrogen) atoms. The number of carbonyl (C=O) groups excluding carboxylic acids is 1. The number of carbonyl (C=O) groups is 1. The van der Waals surface area contributed by atoms with Gasteiger partial charge in [-0.05, 0) is 18.1 Å². The van der Waals surface area contributed by atoms with Crippen molar-refractivity contribution in [1.29, 1.82) is 5.26 Å². The van der Waals surface area contributed by atoms with Crippen LogP contribution in [0.25, 0.3) is 0 Å². The van der Waals surface area contributed by atoms with E-state index in [4.69, 9.17) is 15.7 Å². The van der Waals surface area contributed by atoms with Gasteiger partial charge in [-0.3, -0.25) is 4.79 Å². The number of hydrogen-bond donors (Lipinski definition) is 1. The fourth-order valence-corrected chi connectivity index (χ4v) is 2.09. The van der Waals surface area contributed by atoms with E-state index in [-0.39, 0.29) is 18.4 Å². The van der Waals surface area contributed by atoms with Gasteiger partial charge in [-0.1, -0.05) is 13.8 Å². The van der Waals surface area contributed by atoms with Crippen LogP contribution < -0.4 is 5.73 Å². The number of aromatic nitrogens is 1. The van der Waals surface area contributed by atoms with Crippen molar-refractivity contribution in [2.45, 2.75) is 25.9 Å². The third-order valence-corrected chi connectivity index (χ3v) is 3.20. The zero-order valence-corrected chi connectivity index (χ0v) is 11.7. The highest BCUT2D eigenvalue weighted by molar-refractivity contribution is 5.95. The highest BCUT2D eigenvalue weighted by atomic mass is 16.5. The second-order valence-corrected chi connectivity index (χ2v) is 5.10. The number of anilines is 1. The zero-order valence-electron chi connectivity index (χ0n) is 11.7. The summed E-state index contributed by atoms with van der Waals surface area (Å²) < 4.78 is 5.24. The SMILES string of the molecule is CC(C)c1cc(C(=O)N2CCOC(C#N)C2)cc(N)n1. The fourth-order valence-electron chi connectivity index (χ4n) is 2.09. The van der Waals surface area contributed by atoms with E-state index in [2.05, 4.69) is 4.98 Å². The van der Waals surface area contributed by atoms with Crippen molar-refractivity contribution < 1.29 is 9.53 Å². The van der Waals surface area contributed by atoms with Gasteiger partial charge in [0.1, 0.15) is 5.82 Å². The van der Waals surface area contributed by atoms with E-state index < -0.39 is 6.10 Å². The summed E-state index contributed by atoms with van der Waals surface area (Å²) in [7, 11) is 0. The molecule has 1 fully saturated rings. The lowest BCUT2D eigenvalue weighted by Gasteiger charge is -2.30. The minimum Gasteiger partial charge on any atom is -0.384 e. The normalized spacial score (nSPS) is 18.9. The molecular formula is C14H18N4O2. The maximum absolute atomic E-state index is 12.5. The second-order valence-electron chi connectivity index (χ2n) is 5.10. The minimum absolute atomic E-state index is 0.135. The first-order chi connectivity index (χ1) is 9.51. The van der Waals surface area contributed by atoms with Crippen LogP contribution in [-0.2, 0) is 4.74 Å². The molecule has 1 aromatic rings. The van der Waals surface area contributed by atoms with Crippen molar-refractivity contribution in [3.63, 3.8) is 0 Å². The summed E-state index contributed by atoms with van der Waals surface area (Å²) in [4.78, 5) is 18.3. The summed E-state index contributed by atoms with van der Waals surface area (Å²) in [5.41, 5.74) is 7.06. The molecule has 2 rings (SSSR count). The number of nitriles is 1. The van der Waals surface area contributed by atoms with Gasteiger partial charge >= 0.3 is 0 Å². The zero-order chi connectivity index (χ0) is 14.7. The monoisotopic (exact) mass is 274 g/mol. The molecular weight excluding hydrogens is 256 g/mol. The predicted molar refractivity (Wildman–Crippen MR) is 74.0 cm³/mol. The molecule has 0 radical (unpaired) electrons. The van der Waals surface area contributed by atoms with Crippen LogP contribution in [0, 0.1) is 11.3 Å². The number of nitrogens with two attached hydrogens (primary N) is 1. The standard InChI is InChI=1S/C14H18N4O2/c1-9(2)12-5-10(6-13(16)17-12)14(19)18-3-4-20-11(7-15)8-18/h5-6,9,11H,3-4,8H2,1-2H3,(H2,16,17). The molecule has 2 N–H and O–H groups in total. The Morgan fingerprint density at radius 1 is 1.60 bits per heavy atom. The number of ether oxygens (including phenoxy) is 1. The first-order valence-corrected chi connectivity index (χ1v) is 6.59. The Hall–Kier alpha value is -2.13. The van der Waals surface area contributed by atoms with E-state index >= 15 is 0 Å². The third kappa shape index (κ3) is 3.06. The van der Waals surface area contributed by atoms with Crippen LogP contribution in [0.4, 0.5) is 5.82 Å². The van der Waals surface area contributed by atoms with Gasteiger partial charge in [0.05, 0.1) is 19.2 Å². The summed E-state index contributed by atoms with van der Waals surface area (Å²) in [6.07, 6.45) is -0.559. The fraction of sp³-hybridized carbons (Fsp3) is 0.500. The van der Waals surface area contributed by atoms with Gasteiger partial charge in [0.15, 0.2) is 6.10 Å². The highest BCUT2D eigenvalue weighted by Gasteiger charge is 2.25.